The van der Waals surface area contributed by atoms with Crippen molar-refractivity contribution < 1.29 is 14.6 Å². The predicted octanol–water partition coefficient (Wildman–Crippen LogP) is 3.47. The number of carbonyl (C=O) groups is 1. The van der Waals surface area contributed by atoms with Gasteiger partial charge in [-0.05, 0) is 28.8 Å². The molecule has 2 aliphatic heterocycles. The van der Waals surface area contributed by atoms with E-state index in [4.69, 9.17) is 4.74 Å². The minimum absolute atomic E-state index is 0.154. The zero-order chi connectivity index (χ0) is 18.4. The summed E-state index contributed by atoms with van der Waals surface area (Å²) in [5.41, 5.74) is 5.54. The molecule has 2 unspecified atom stereocenters. The smallest absolute Gasteiger partial charge is 0.256 e. The van der Waals surface area contributed by atoms with Gasteiger partial charge in [-0.15, -0.1) is 0 Å². The van der Waals surface area contributed by atoms with Gasteiger partial charge >= 0.3 is 0 Å². The summed E-state index contributed by atoms with van der Waals surface area (Å²) in [6, 6.07) is 17.2. The molecular formula is C22H18N2O3. The van der Waals surface area contributed by atoms with Gasteiger partial charge in [-0.25, -0.2) is 0 Å². The average molecular weight is 358 g/mol. The Hall–Kier alpha value is -3.02. The number of benzene rings is 2. The molecule has 134 valence electrons. The Morgan fingerprint density at radius 3 is 2.67 bits per heavy atom. The molecule has 27 heavy (non-hydrogen) atoms. The summed E-state index contributed by atoms with van der Waals surface area (Å²) in [4.78, 5) is 18.4. The molecule has 0 aliphatic carbocycles. The molecule has 0 saturated carbocycles. The first-order valence-corrected chi connectivity index (χ1v) is 8.96. The monoisotopic (exact) mass is 358 g/mol. The third kappa shape index (κ3) is 2.55. The van der Waals surface area contributed by atoms with Crippen LogP contribution in [-0.2, 0) is 11.3 Å². The molecule has 0 fully saturated rings. The fourth-order valence-electron chi connectivity index (χ4n) is 4.00. The molecule has 0 saturated heterocycles. The van der Waals surface area contributed by atoms with E-state index in [1.54, 1.807) is 18.3 Å². The lowest BCUT2D eigenvalue weighted by atomic mass is 9.96. The summed E-state index contributed by atoms with van der Waals surface area (Å²) >= 11 is 0. The number of rotatable bonds is 3. The van der Waals surface area contributed by atoms with Crippen LogP contribution in [0.5, 0.6) is 0 Å². The number of hydrogen-bond donors (Lipinski definition) is 1. The SMILES string of the molecule is O=C1c2ccccc2C(O)N1CC1OCc2c(-c3cccnc3)cccc21. The quantitative estimate of drug-likeness (QED) is 0.779. The van der Waals surface area contributed by atoms with Crippen molar-refractivity contribution in [1.82, 2.24) is 9.88 Å². The number of ether oxygens (including phenoxy) is 1. The highest BCUT2D eigenvalue weighted by molar-refractivity contribution is 5.98. The lowest BCUT2D eigenvalue weighted by molar-refractivity contribution is -0.0206. The Morgan fingerprint density at radius 1 is 1.04 bits per heavy atom. The molecule has 0 radical (unpaired) electrons. The maximum Gasteiger partial charge on any atom is 0.256 e. The van der Waals surface area contributed by atoms with Crippen LogP contribution in [0.3, 0.4) is 0 Å². The number of carbonyl (C=O) groups excluding carboxylic acids is 1. The summed E-state index contributed by atoms with van der Waals surface area (Å²) in [6.45, 7) is 0.800. The van der Waals surface area contributed by atoms with Crippen LogP contribution in [0.25, 0.3) is 11.1 Å². The van der Waals surface area contributed by atoms with Crippen molar-refractivity contribution in [2.24, 2.45) is 0 Å². The third-order valence-corrected chi connectivity index (χ3v) is 5.35. The zero-order valence-corrected chi connectivity index (χ0v) is 14.6. The molecule has 0 spiro atoms. The molecule has 3 heterocycles. The van der Waals surface area contributed by atoms with Gasteiger partial charge in [0.25, 0.3) is 5.91 Å². The Bertz CT molecular complexity index is 1020. The topological polar surface area (TPSA) is 62.7 Å². The van der Waals surface area contributed by atoms with Crippen LogP contribution in [0.4, 0.5) is 0 Å². The average Bonchev–Trinajstić information content (AvgIpc) is 3.24. The predicted molar refractivity (Wildman–Crippen MR) is 99.6 cm³/mol. The number of amides is 1. The Balaban J connectivity index is 1.45. The largest absolute Gasteiger partial charge is 0.369 e. The van der Waals surface area contributed by atoms with E-state index in [2.05, 4.69) is 11.1 Å². The number of pyridine rings is 1. The standard InChI is InChI=1S/C22H18N2O3/c25-21-17-6-1-2-7-18(17)22(26)24(21)12-20-16-9-3-8-15(19(16)13-27-20)14-5-4-10-23-11-14/h1-11,20-21,25H,12-13H2. The number of aliphatic hydroxyl groups is 1. The van der Waals surface area contributed by atoms with Crippen LogP contribution in [0.15, 0.2) is 67.0 Å². The van der Waals surface area contributed by atoms with Crippen LogP contribution in [-0.4, -0.2) is 27.4 Å². The molecule has 3 aromatic rings. The van der Waals surface area contributed by atoms with Crippen molar-refractivity contribution in [3.63, 3.8) is 0 Å². The number of fused-ring (bicyclic) bond motifs is 2. The van der Waals surface area contributed by atoms with E-state index in [9.17, 15) is 9.90 Å². The van der Waals surface area contributed by atoms with E-state index >= 15 is 0 Å². The van der Waals surface area contributed by atoms with Gasteiger partial charge in [0.05, 0.1) is 13.2 Å². The normalized spacial score (nSPS) is 20.6. The molecule has 1 amide bonds. The second kappa shape index (κ2) is 6.30. The molecule has 0 bridgehead atoms. The highest BCUT2D eigenvalue weighted by Crippen LogP contribution is 2.40. The van der Waals surface area contributed by atoms with Crippen LogP contribution >= 0.6 is 0 Å². The van der Waals surface area contributed by atoms with Crippen molar-refractivity contribution in [3.8, 4) is 11.1 Å². The first-order valence-electron chi connectivity index (χ1n) is 8.96. The summed E-state index contributed by atoms with van der Waals surface area (Å²) in [5.74, 6) is -0.154. The molecule has 2 atom stereocenters. The van der Waals surface area contributed by atoms with Gasteiger partial charge in [0.2, 0.25) is 0 Å². The summed E-state index contributed by atoms with van der Waals surface area (Å²) in [7, 11) is 0. The molecule has 5 nitrogen and oxygen atoms in total. The molecular weight excluding hydrogens is 340 g/mol. The van der Waals surface area contributed by atoms with Gasteiger partial charge in [0, 0.05) is 29.1 Å². The van der Waals surface area contributed by atoms with Crippen LogP contribution in [0.2, 0.25) is 0 Å². The van der Waals surface area contributed by atoms with Crippen molar-refractivity contribution in [2.45, 2.75) is 18.9 Å². The van der Waals surface area contributed by atoms with Gasteiger partial charge in [-0.3, -0.25) is 9.78 Å². The number of nitrogens with zero attached hydrogens (tertiary/aromatic N) is 2. The van der Waals surface area contributed by atoms with Gasteiger partial charge in [-0.2, -0.15) is 0 Å². The van der Waals surface area contributed by atoms with Gasteiger partial charge in [-0.1, -0.05) is 42.5 Å². The highest BCUT2D eigenvalue weighted by atomic mass is 16.5. The second-order valence-electron chi connectivity index (χ2n) is 6.83. The minimum Gasteiger partial charge on any atom is -0.369 e. The molecule has 5 rings (SSSR count). The molecule has 2 aliphatic rings. The van der Waals surface area contributed by atoms with Crippen molar-refractivity contribution in [2.75, 3.05) is 6.54 Å². The van der Waals surface area contributed by atoms with Gasteiger partial charge in [0.15, 0.2) is 6.23 Å². The van der Waals surface area contributed by atoms with E-state index in [0.29, 0.717) is 24.3 Å². The van der Waals surface area contributed by atoms with Crippen molar-refractivity contribution in [1.29, 1.82) is 0 Å². The second-order valence-corrected chi connectivity index (χ2v) is 6.83. The van der Waals surface area contributed by atoms with E-state index in [1.165, 1.54) is 4.90 Å². The number of aliphatic hydroxyl groups excluding tert-OH is 1. The van der Waals surface area contributed by atoms with Crippen LogP contribution in [0.1, 0.15) is 39.4 Å². The van der Waals surface area contributed by atoms with Crippen LogP contribution < -0.4 is 0 Å². The van der Waals surface area contributed by atoms with Gasteiger partial charge in [0.1, 0.15) is 6.10 Å². The first kappa shape index (κ1) is 16.2. The summed E-state index contributed by atoms with van der Waals surface area (Å²) in [5, 5.41) is 10.6. The fraction of sp³-hybridized carbons (Fsp3) is 0.182. The Labute approximate surface area is 156 Å². The lowest BCUT2D eigenvalue weighted by Gasteiger charge is -2.24. The maximum atomic E-state index is 12.7. The first-order chi connectivity index (χ1) is 13.2. The molecule has 1 N–H and O–H groups in total. The molecule has 2 aromatic carbocycles. The summed E-state index contributed by atoms with van der Waals surface area (Å²) in [6.07, 6.45) is 2.41. The minimum atomic E-state index is -0.928. The van der Waals surface area contributed by atoms with E-state index in [-0.39, 0.29) is 12.0 Å². The van der Waals surface area contributed by atoms with E-state index in [0.717, 1.165) is 22.3 Å². The van der Waals surface area contributed by atoms with E-state index in [1.807, 2.05) is 42.6 Å². The highest BCUT2D eigenvalue weighted by Gasteiger charge is 2.38. The Kier molecular flexibility index (Phi) is 3.77. The van der Waals surface area contributed by atoms with E-state index < -0.39 is 6.23 Å². The maximum absolute atomic E-state index is 12.7. The lowest BCUT2D eigenvalue weighted by Crippen LogP contribution is -2.32. The summed E-state index contributed by atoms with van der Waals surface area (Å²) < 4.78 is 6.02. The third-order valence-electron chi connectivity index (χ3n) is 5.35. The molecule has 5 heteroatoms. The zero-order valence-electron chi connectivity index (χ0n) is 14.6. The van der Waals surface area contributed by atoms with Gasteiger partial charge < -0.3 is 14.7 Å². The fourth-order valence-corrected chi connectivity index (χ4v) is 4.00. The molecule has 1 aromatic heterocycles. The van der Waals surface area contributed by atoms with Crippen molar-refractivity contribution in [3.05, 3.63) is 89.2 Å². The van der Waals surface area contributed by atoms with Crippen LogP contribution in [0, 0.1) is 0 Å². The number of hydrogen-bond acceptors (Lipinski definition) is 4. The Morgan fingerprint density at radius 2 is 1.85 bits per heavy atom. The van der Waals surface area contributed by atoms with Crippen molar-refractivity contribution >= 4 is 5.91 Å². The number of aromatic nitrogens is 1.